The van der Waals surface area contributed by atoms with Crippen molar-refractivity contribution in [2.75, 3.05) is 12.4 Å². The van der Waals surface area contributed by atoms with Gasteiger partial charge in [0.2, 0.25) is 11.6 Å². The number of aromatic hydroxyl groups is 1. The van der Waals surface area contributed by atoms with Gasteiger partial charge in [-0.25, -0.2) is 10.1 Å². The Hall–Kier alpha value is -4.27. The molecule has 4 rings (SSSR count). The van der Waals surface area contributed by atoms with Gasteiger partial charge in [-0.05, 0) is 29.4 Å². The van der Waals surface area contributed by atoms with Crippen LogP contribution in [0.25, 0.3) is 5.82 Å². The number of thioether (sulfide) groups is 1. The average Bonchev–Trinajstić information content (AvgIpc) is 3.55. The number of aryl methyl sites for hydroxylation is 1. The van der Waals surface area contributed by atoms with Crippen LogP contribution in [0.1, 0.15) is 28.7 Å². The number of hydrazone groups is 1. The molecular formula is C18H19N11O3S. The van der Waals surface area contributed by atoms with Crippen molar-refractivity contribution in [1.29, 1.82) is 0 Å². The molecule has 0 bridgehead atoms. The molecule has 0 fully saturated rings. The molecule has 0 saturated heterocycles. The topological polar surface area (TPSA) is 174 Å². The predicted molar refractivity (Wildman–Crippen MR) is 117 cm³/mol. The molecule has 3 heterocycles. The van der Waals surface area contributed by atoms with Gasteiger partial charge in [0.1, 0.15) is 12.1 Å². The molecule has 0 radical (unpaired) electrons. The van der Waals surface area contributed by atoms with Crippen molar-refractivity contribution in [1.82, 2.24) is 45.5 Å². The Morgan fingerprint density at radius 2 is 2.09 bits per heavy atom. The van der Waals surface area contributed by atoms with E-state index in [0.29, 0.717) is 27.9 Å². The number of carbonyl (C=O) groups is 1. The summed E-state index contributed by atoms with van der Waals surface area (Å²) in [5.41, 5.74) is 3.82. The molecule has 0 unspecified atom stereocenters. The van der Waals surface area contributed by atoms with E-state index < -0.39 is 5.91 Å². The number of carbonyl (C=O) groups excluding carboxylic acids is 1. The van der Waals surface area contributed by atoms with Crippen LogP contribution in [-0.2, 0) is 12.8 Å². The van der Waals surface area contributed by atoms with Crippen LogP contribution in [0.5, 0.6) is 5.75 Å². The molecule has 1 aromatic carbocycles. The third-order valence-corrected chi connectivity index (χ3v) is 5.56. The predicted octanol–water partition coefficient (Wildman–Crippen LogP) is 0.972. The number of nitrogens with zero attached hydrogens (tertiary/aromatic N) is 9. The molecule has 3 N–H and O–H groups in total. The molecule has 4 aromatic rings. The highest BCUT2D eigenvalue weighted by atomic mass is 32.2. The maximum atomic E-state index is 12.9. The summed E-state index contributed by atoms with van der Waals surface area (Å²) in [6.07, 6.45) is 1.57. The number of nitrogens with one attached hydrogen (secondary N) is 2. The van der Waals surface area contributed by atoms with Gasteiger partial charge in [0.25, 0.3) is 5.91 Å². The van der Waals surface area contributed by atoms with Crippen molar-refractivity contribution < 1.29 is 14.5 Å². The van der Waals surface area contributed by atoms with Crippen LogP contribution in [-0.4, -0.2) is 63.8 Å². The van der Waals surface area contributed by atoms with Gasteiger partial charge in [0.15, 0.2) is 10.9 Å². The van der Waals surface area contributed by atoms with Crippen molar-refractivity contribution in [3.8, 4) is 11.6 Å². The fourth-order valence-corrected chi connectivity index (χ4v) is 3.70. The lowest BCUT2D eigenvalue weighted by Gasteiger charge is -2.07. The maximum Gasteiger partial charge on any atom is 0.293 e. The third kappa shape index (κ3) is 4.52. The highest BCUT2D eigenvalue weighted by Gasteiger charge is 2.25. The van der Waals surface area contributed by atoms with Crippen molar-refractivity contribution in [3.63, 3.8) is 0 Å². The summed E-state index contributed by atoms with van der Waals surface area (Å²) in [6.45, 7) is 1.66. The van der Waals surface area contributed by atoms with Crippen LogP contribution < -0.4 is 10.7 Å². The van der Waals surface area contributed by atoms with Crippen LogP contribution in [0.4, 0.5) is 5.82 Å². The Bertz CT molecular complexity index is 1310. The average molecular weight is 469 g/mol. The molecule has 170 valence electrons. The number of anilines is 1. The van der Waals surface area contributed by atoms with E-state index in [9.17, 15) is 9.90 Å². The molecule has 0 aliphatic rings. The molecular weight excluding hydrogens is 450 g/mol. The SMILES string of the molecule is CNc1nonc1-n1nnc(C(=O)N/N=C(\C)c2ccccc2O)c1CSc1nncn1C. The molecule has 0 atom stereocenters. The summed E-state index contributed by atoms with van der Waals surface area (Å²) in [5, 5.41) is 41.2. The molecule has 0 saturated carbocycles. The van der Waals surface area contributed by atoms with Crippen molar-refractivity contribution in [2.24, 2.45) is 12.1 Å². The molecule has 0 spiro atoms. The Labute approximate surface area is 191 Å². The van der Waals surface area contributed by atoms with E-state index >= 15 is 0 Å². The van der Waals surface area contributed by atoms with Crippen LogP contribution in [0.15, 0.2) is 45.5 Å². The molecule has 14 nitrogen and oxygen atoms in total. The second-order valence-corrected chi connectivity index (χ2v) is 7.59. The number of hydrogen-bond donors (Lipinski definition) is 3. The Morgan fingerprint density at radius 1 is 1.27 bits per heavy atom. The normalized spacial score (nSPS) is 11.5. The van der Waals surface area contributed by atoms with Crippen LogP contribution in [0.3, 0.4) is 0 Å². The Morgan fingerprint density at radius 3 is 2.82 bits per heavy atom. The first kappa shape index (κ1) is 21.9. The number of rotatable bonds is 8. The number of aromatic nitrogens is 8. The molecule has 1 amide bonds. The van der Waals surface area contributed by atoms with E-state index in [2.05, 4.69) is 46.7 Å². The molecule has 15 heteroatoms. The van der Waals surface area contributed by atoms with Gasteiger partial charge < -0.3 is 15.0 Å². The van der Waals surface area contributed by atoms with Crippen LogP contribution >= 0.6 is 11.8 Å². The van der Waals surface area contributed by atoms with Gasteiger partial charge in [-0.3, -0.25) is 4.79 Å². The summed E-state index contributed by atoms with van der Waals surface area (Å²) in [5.74, 6) is 0.294. The van der Waals surface area contributed by atoms with Crippen LogP contribution in [0.2, 0.25) is 0 Å². The van der Waals surface area contributed by atoms with E-state index in [1.165, 1.54) is 22.5 Å². The highest BCUT2D eigenvalue weighted by Crippen LogP contribution is 2.25. The molecule has 33 heavy (non-hydrogen) atoms. The zero-order chi connectivity index (χ0) is 23.4. The number of para-hydroxylation sites is 1. The minimum Gasteiger partial charge on any atom is -0.507 e. The number of amides is 1. The lowest BCUT2D eigenvalue weighted by molar-refractivity contribution is 0.0949. The van der Waals surface area contributed by atoms with Gasteiger partial charge >= 0.3 is 0 Å². The summed E-state index contributed by atoms with van der Waals surface area (Å²) in [7, 11) is 3.46. The molecule has 0 aliphatic carbocycles. The van der Waals surface area contributed by atoms with E-state index in [4.69, 9.17) is 4.63 Å². The van der Waals surface area contributed by atoms with Gasteiger partial charge in [-0.15, -0.1) is 15.3 Å². The lowest BCUT2D eigenvalue weighted by Crippen LogP contribution is -2.21. The molecule has 0 aliphatic heterocycles. The minimum atomic E-state index is -0.591. The van der Waals surface area contributed by atoms with Gasteiger partial charge in [0, 0.05) is 25.4 Å². The van der Waals surface area contributed by atoms with E-state index in [1.807, 2.05) is 7.05 Å². The smallest absolute Gasteiger partial charge is 0.293 e. The van der Waals surface area contributed by atoms with E-state index in [0.717, 1.165) is 0 Å². The zero-order valence-electron chi connectivity index (χ0n) is 17.8. The number of hydrogen-bond acceptors (Lipinski definition) is 12. The summed E-state index contributed by atoms with van der Waals surface area (Å²) >= 11 is 1.33. The first-order chi connectivity index (χ1) is 16.0. The highest BCUT2D eigenvalue weighted by molar-refractivity contribution is 7.98. The van der Waals surface area contributed by atoms with Crippen molar-refractivity contribution >= 4 is 29.2 Å². The quantitative estimate of drug-likeness (QED) is 0.190. The van der Waals surface area contributed by atoms with Crippen molar-refractivity contribution in [2.45, 2.75) is 17.8 Å². The second kappa shape index (κ2) is 9.47. The van der Waals surface area contributed by atoms with Crippen LogP contribution in [0, 0.1) is 0 Å². The summed E-state index contributed by atoms with van der Waals surface area (Å²) < 4.78 is 7.90. The fourth-order valence-electron chi connectivity index (χ4n) is 2.82. The van der Waals surface area contributed by atoms with E-state index in [1.54, 1.807) is 43.1 Å². The number of benzene rings is 1. The zero-order valence-corrected chi connectivity index (χ0v) is 18.6. The fraction of sp³-hybridized carbons (Fsp3) is 0.222. The van der Waals surface area contributed by atoms with Crippen molar-refractivity contribution in [3.05, 3.63) is 47.5 Å². The largest absolute Gasteiger partial charge is 0.507 e. The van der Waals surface area contributed by atoms with Gasteiger partial charge in [0.05, 0.1) is 11.4 Å². The number of phenolic OH excluding ortho intramolecular Hbond substituents is 1. The van der Waals surface area contributed by atoms with Gasteiger partial charge in [-0.2, -0.15) is 9.78 Å². The summed E-state index contributed by atoms with van der Waals surface area (Å²) in [4.78, 5) is 12.9. The molecule has 3 aromatic heterocycles. The maximum absolute atomic E-state index is 12.9. The standard InChI is InChI=1S/C18H19N11O3S/c1-10(11-6-4-5-7-13(11)30)21-23-17(31)14-12(8-33-18-24-20-9-28(18)3)29(27-22-14)16-15(19-2)25-32-26-16/h4-7,9,30H,8H2,1-3H3,(H,19,25)(H,23,31)/b21-10+. The second-order valence-electron chi connectivity index (χ2n) is 6.65. The Kier molecular flexibility index (Phi) is 6.30. The first-order valence-corrected chi connectivity index (χ1v) is 10.5. The lowest BCUT2D eigenvalue weighted by atomic mass is 10.1. The Balaban J connectivity index is 1.64. The van der Waals surface area contributed by atoms with Gasteiger partial charge in [-0.1, -0.05) is 29.1 Å². The third-order valence-electron chi connectivity index (χ3n) is 4.51. The summed E-state index contributed by atoms with van der Waals surface area (Å²) in [6, 6.07) is 6.68. The number of phenols is 1. The minimum absolute atomic E-state index is 0.0311. The van der Waals surface area contributed by atoms with E-state index in [-0.39, 0.29) is 23.0 Å². The first-order valence-electron chi connectivity index (χ1n) is 9.54. The monoisotopic (exact) mass is 469 g/mol.